The molecule has 0 bridgehead atoms. The summed E-state index contributed by atoms with van der Waals surface area (Å²) >= 11 is 1.89. The standard InChI is InChI=1S/C67H127N7O12S/c1-3-5-7-9-11-13-15-17-18-19-20-21-22-23-24-25-26-27-29-31-33-35-39-58(66(81)69-56(52-86-53-61(78)60(77)50-75)65(80)59(76)40-36-34-32-30-28-16-14-12-10-8-6-4-2)74-49-55(72-73-74)51-85-48-47-84-46-45-83-44-43-68-63(79)42-38-37-41-62-64-57(54-87-62)70-67(82)71-64/h49,56-62,64-65,75-78,80H,3-48,50-54H2,1-2H3,(H,68,79)(H,69,81)(H2,70,71,82)/t56-,57-,58+,59+,60-,61-,62-,64-,65-/m0/s1. The largest absolute Gasteiger partial charge is 0.394 e. The number of aliphatic hydroxyl groups excluding tert-OH is 5. The number of amides is 4. The maximum atomic E-state index is 14.4. The van der Waals surface area contributed by atoms with E-state index in [2.05, 4.69) is 45.4 Å². The molecule has 2 aliphatic heterocycles. The molecule has 20 heteroatoms. The molecule has 3 rings (SSSR count). The molecule has 0 unspecified atom stereocenters. The van der Waals surface area contributed by atoms with Crippen LogP contribution in [0.3, 0.4) is 0 Å². The average molecular weight is 1250 g/mol. The average Bonchev–Trinajstić information content (AvgIpc) is 2.32. The number of nitrogens with one attached hydrogen (secondary N) is 4. The van der Waals surface area contributed by atoms with E-state index in [-0.39, 0.29) is 43.8 Å². The third-order valence-corrected chi connectivity index (χ3v) is 18.9. The van der Waals surface area contributed by atoms with E-state index >= 15 is 0 Å². The van der Waals surface area contributed by atoms with Gasteiger partial charge in [0, 0.05) is 24.0 Å². The number of ether oxygens (including phenoxy) is 4. The van der Waals surface area contributed by atoms with Crippen LogP contribution in [0.25, 0.3) is 0 Å². The fourth-order valence-electron chi connectivity index (χ4n) is 11.8. The molecule has 0 spiro atoms. The van der Waals surface area contributed by atoms with Gasteiger partial charge in [-0.2, -0.15) is 11.8 Å². The highest BCUT2D eigenvalue weighted by atomic mass is 32.2. The number of carbonyl (C=O) groups excluding carboxylic acids is 3. The highest BCUT2D eigenvalue weighted by Crippen LogP contribution is 2.33. The molecule has 9 atom stereocenters. The number of aliphatic hydroxyl groups is 5. The van der Waals surface area contributed by atoms with Crippen LogP contribution in [0.1, 0.15) is 282 Å². The van der Waals surface area contributed by atoms with Crippen LogP contribution in [0.5, 0.6) is 0 Å². The lowest BCUT2D eigenvalue weighted by Crippen LogP contribution is -2.53. The van der Waals surface area contributed by atoms with Crippen molar-refractivity contribution in [3.63, 3.8) is 0 Å². The van der Waals surface area contributed by atoms with Crippen LogP contribution in [0.2, 0.25) is 0 Å². The van der Waals surface area contributed by atoms with Crippen LogP contribution in [-0.2, 0) is 35.1 Å². The molecule has 19 nitrogen and oxygen atoms in total. The molecular weight excluding hydrogens is 1130 g/mol. The molecule has 1 aromatic rings. The molecule has 0 radical (unpaired) electrons. The van der Waals surface area contributed by atoms with E-state index in [0.717, 1.165) is 76.4 Å². The molecule has 9 N–H and O–H groups in total. The molecule has 508 valence electrons. The normalized spacial score (nSPS) is 17.8. The van der Waals surface area contributed by atoms with Crippen molar-refractivity contribution >= 4 is 29.6 Å². The van der Waals surface area contributed by atoms with E-state index in [4.69, 9.17) is 18.9 Å². The number of nitrogens with zero attached hydrogens (tertiary/aromatic N) is 3. The molecule has 4 amide bonds. The molecule has 1 aromatic heterocycles. The van der Waals surface area contributed by atoms with E-state index in [1.807, 2.05) is 11.8 Å². The van der Waals surface area contributed by atoms with Gasteiger partial charge in [0.15, 0.2) is 0 Å². The van der Waals surface area contributed by atoms with Gasteiger partial charge in [-0.3, -0.25) is 9.59 Å². The van der Waals surface area contributed by atoms with Gasteiger partial charge in [0.1, 0.15) is 30.0 Å². The van der Waals surface area contributed by atoms with Gasteiger partial charge in [0.25, 0.3) is 0 Å². The molecule has 87 heavy (non-hydrogen) atoms. The van der Waals surface area contributed by atoms with Crippen molar-refractivity contribution in [1.82, 2.24) is 36.3 Å². The monoisotopic (exact) mass is 1250 g/mol. The third kappa shape index (κ3) is 39.4. The fourth-order valence-corrected chi connectivity index (χ4v) is 13.3. The highest BCUT2D eigenvalue weighted by Gasteiger charge is 2.42. The van der Waals surface area contributed by atoms with Crippen molar-refractivity contribution in [3.05, 3.63) is 11.9 Å². The van der Waals surface area contributed by atoms with Crippen molar-refractivity contribution in [2.75, 3.05) is 65.2 Å². The zero-order chi connectivity index (χ0) is 62.6. The molecule has 2 saturated heterocycles. The van der Waals surface area contributed by atoms with Crippen LogP contribution in [0, 0.1) is 0 Å². The lowest BCUT2D eigenvalue weighted by Gasteiger charge is -2.30. The first kappa shape index (κ1) is 78.6. The first-order valence-electron chi connectivity index (χ1n) is 35.4. The Hall–Kier alpha value is -2.66. The minimum absolute atomic E-state index is 0.00644. The number of hydrogen-bond donors (Lipinski definition) is 9. The highest BCUT2D eigenvalue weighted by molar-refractivity contribution is 8.00. The maximum Gasteiger partial charge on any atom is 0.315 e. The van der Waals surface area contributed by atoms with Crippen LogP contribution in [0.15, 0.2) is 6.20 Å². The van der Waals surface area contributed by atoms with E-state index in [9.17, 15) is 39.9 Å². The topological polar surface area (TPSA) is 268 Å². The molecule has 2 aliphatic rings. The number of aromatic nitrogens is 3. The molecule has 3 heterocycles. The summed E-state index contributed by atoms with van der Waals surface area (Å²) in [6.07, 6.45) is 42.8. The number of hydrogen-bond acceptors (Lipinski definition) is 15. The zero-order valence-electron chi connectivity index (χ0n) is 54.7. The number of rotatable bonds is 63. The van der Waals surface area contributed by atoms with Crippen LogP contribution >= 0.6 is 11.8 Å². The molecule has 2 fully saturated rings. The smallest absolute Gasteiger partial charge is 0.315 e. The SMILES string of the molecule is CCCCCCCCCCCCCCCCCCCCCCCC[C@H](C(=O)N[C@@H](COC[C@H](O)[C@@H](O)CO)[C@H](O)[C@H](O)CCCCCCCCCCCCCC)n1cc(COCCOCCOCCNC(=O)CCCC[C@@H]2SC[C@@H]3NC(=O)N[C@@H]32)nn1. The fraction of sp³-hybridized carbons (Fsp3) is 0.925. The quantitative estimate of drug-likeness (QED) is 0.0217. The Morgan fingerprint density at radius 2 is 1.09 bits per heavy atom. The molecule has 0 aliphatic carbocycles. The van der Waals surface area contributed by atoms with E-state index < -0.39 is 49.0 Å². The second kappa shape index (κ2) is 53.9. The van der Waals surface area contributed by atoms with Gasteiger partial charge in [-0.25, -0.2) is 9.48 Å². The van der Waals surface area contributed by atoms with Crippen molar-refractivity contribution < 1.29 is 58.9 Å². The first-order chi connectivity index (χ1) is 42.6. The molecule has 0 aromatic carbocycles. The van der Waals surface area contributed by atoms with Crippen LogP contribution in [0.4, 0.5) is 4.79 Å². The lowest BCUT2D eigenvalue weighted by molar-refractivity contribution is -0.129. The second-order valence-electron chi connectivity index (χ2n) is 25.1. The second-order valence-corrected chi connectivity index (χ2v) is 26.4. The summed E-state index contributed by atoms with van der Waals surface area (Å²) in [5, 5.41) is 73.4. The first-order valence-corrected chi connectivity index (χ1v) is 36.4. The molecule has 0 saturated carbocycles. The van der Waals surface area contributed by atoms with Gasteiger partial charge in [-0.15, -0.1) is 5.10 Å². The van der Waals surface area contributed by atoms with Gasteiger partial charge >= 0.3 is 6.03 Å². The number of carbonyl (C=O) groups is 3. The predicted octanol–water partition coefficient (Wildman–Crippen LogP) is 11.2. The minimum Gasteiger partial charge on any atom is -0.394 e. The number of fused-ring (bicyclic) bond motifs is 1. The Morgan fingerprint density at radius 1 is 0.598 bits per heavy atom. The van der Waals surface area contributed by atoms with Gasteiger partial charge < -0.3 is 65.7 Å². The van der Waals surface area contributed by atoms with Crippen molar-refractivity contribution in [3.8, 4) is 0 Å². The zero-order valence-corrected chi connectivity index (χ0v) is 55.5. The lowest BCUT2D eigenvalue weighted by atomic mass is 9.98. The van der Waals surface area contributed by atoms with Crippen molar-refractivity contribution in [2.24, 2.45) is 0 Å². The number of unbranched alkanes of at least 4 members (excludes halogenated alkanes) is 33. The summed E-state index contributed by atoms with van der Waals surface area (Å²) in [6.45, 7) is 5.57. The summed E-state index contributed by atoms with van der Waals surface area (Å²) < 4.78 is 24.4. The summed E-state index contributed by atoms with van der Waals surface area (Å²) in [4.78, 5) is 38.4. The Labute approximate surface area is 530 Å². The maximum absolute atomic E-state index is 14.4. The minimum atomic E-state index is -1.42. The van der Waals surface area contributed by atoms with Gasteiger partial charge in [0.05, 0.1) is 89.9 Å². The third-order valence-electron chi connectivity index (χ3n) is 17.4. The summed E-state index contributed by atoms with van der Waals surface area (Å²) in [5.41, 5.74) is 0.531. The summed E-state index contributed by atoms with van der Waals surface area (Å²) in [7, 11) is 0. The summed E-state index contributed by atoms with van der Waals surface area (Å²) in [5.74, 6) is 0.522. The van der Waals surface area contributed by atoms with E-state index in [0.29, 0.717) is 69.8 Å². The van der Waals surface area contributed by atoms with Crippen LogP contribution < -0.4 is 21.3 Å². The number of thioether (sulfide) groups is 1. The van der Waals surface area contributed by atoms with Gasteiger partial charge in [0.2, 0.25) is 11.8 Å². The Kier molecular flexibility index (Phi) is 48.7. The Bertz CT molecular complexity index is 1790. The van der Waals surface area contributed by atoms with Crippen molar-refractivity contribution in [2.45, 2.75) is 331 Å². The van der Waals surface area contributed by atoms with Crippen LogP contribution in [-0.4, -0.2) is 171 Å². The van der Waals surface area contributed by atoms with Crippen molar-refractivity contribution in [1.29, 1.82) is 0 Å². The van der Waals surface area contributed by atoms with Gasteiger partial charge in [-0.1, -0.05) is 244 Å². The number of urea groups is 1. The Morgan fingerprint density at radius 3 is 1.62 bits per heavy atom. The van der Waals surface area contributed by atoms with E-state index in [1.165, 1.54) is 172 Å². The van der Waals surface area contributed by atoms with Gasteiger partial charge in [-0.05, 0) is 25.7 Å². The predicted molar refractivity (Wildman–Crippen MR) is 349 cm³/mol. The molecular formula is C67H127N7O12S. The summed E-state index contributed by atoms with van der Waals surface area (Å²) in [6, 6.07) is -1.51. The Balaban J connectivity index is 1.41. The van der Waals surface area contributed by atoms with E-state index in [1.54, 1.807) is 6.20 Å².